The summed E-state index contributed by atoms with van der Waals surface area (Å²) in [4.78, 5) is 144. The number of aliphatic imine (C=N–C) groups is 1. The van der Waals surface area contributed by atoms with Crippen LogP contribution in [0, 0.1) is 11.8 Å². The molecule has 2 saturated heterocycles. The van der Waals surface area contributed by atoms with E-state index in [4.69, 9.17) is 16.2 Å². The number of aromatic nitrogens is 3. The van der Waals surface area contributed by atoms with Crippen molar-refractivity contribution in [3.8, 4) is 5.75 Å². The van der Waals surface area contributed by atoms with E-state index in [-0.39, 0.29) is 87.4 Å². The summed E-state index contributed by atoms with van der Waals surface area (Å²) in [6.07, 6.45) is 4.84. The van der Waals surface area contributed by atoms with E-state index in [1.165, 1.54) is 24.7 Å². The van der Waals surface area contributed by atoms with E-state index in [2.05, 4.69) is 67.8 Å². The fraction of sp³-hybridized carbons (Fsp3) is 0.565. The Labute approximate surface area is 524 Å². The summed E-state index contributed by atoms with van der Waals surface area (Å²) in [5, 5.41) is 47.1. The number of nitrogens with two attached hydrogens (primary N) is 2. The Morgan fingerprint density at radius 2 is 1.30 bits per heavy atom. The largest absolute Gasteiger partial charge is 0.508 e. The molecule has 10 atom stereocenters. The van der Waals surface area contributed by atoms with E-state index >= 15 is 0 Å². The number of guanidine groups is 1. The number of nitrogens with zero attached hydrogens (tertiary/aromatic N) is 3. The number of aromatic amines is 2. The van der Waals surface area contributed by atoms with Gasteiger partial charge in [-0.1, -0.05) is 65.0 Å². The van der Waals surface area contributed by atoms with Crippen LogP contribution >= 0.6 is 0 Å². The number of fused-ring (bicyclic) bond motifs is 1. The Hall–Kier alpha value is -8.63. The van der Waals surface area contributed by atoms with Crippen LogP contribution in [-0.4, -0.2) is 182 Å². The number of aliphatic hydroxyl groups excluding tert-OH is 1. The van der Waals surface area contributed by atoms with Gasteiger partial charge in [-0.15, -0.1) is 0 Å². The van der Waals surface area contributed by atoms with Crippen molar-refractivity contribution in [1.29, 1.82) is 0 Å². The van der Waals surface area contributed by atoms with Gasteiger partial charge in [-0.25, -0.2) is 4.98 Å². The summed E-state index contributed by atoms with van der Waals surface area (Å²) in [5.41, 5.74) is 13.5. The van der Waals surface area contributed by atoms with Gasteiger partial charge in [-0.2, -0.15) is 0 Å². The first-order chi connectivity index (χ1) is 42.9. The molecular weight excluding hydrogens is 1160 g/mol. The van der Waals surface area contributed by atoms with Gasteiger partial charge in [0, 0.05) is 67.8 Å². The van der Waals surface area contributed by atoms with Gasteiger partial charge in [0.1, 0.15) is 60.3 Å². The number of aliphatic hydroxyl groups is 1. The van der Waals surface area contributed by atoms with Gasteiger partial charge in [0.05, 0.1) is 25.1 Å². The Bertz CT molecular complexity index is 3080. The molecule has 2 aromatic carbocycles. The lowest BCUT2D eigenvalue weighted by Crippen LogP contribution is -2.61. The molecule has 0 spiro atoms. The quantitative estimate of drug-likeness (QED) is 0.0123. The molecule has 0 aliphatic carbocycles. The topological polar surface area (TPSA) is 424 Å². The van der Waals surface area contributed by atoms with Gasteiger partial charge in [-0.3, -0.25) is 53.5 Å². The van der Waals surface area contributed by atoms with E-state index in [9.17, 15) is 53.4 Å². The molecule has 9 amide bonds. The van der Waals surface area contributed by atoms with Crippen LogP contribution < -0.4 is 59.3 Å². The first-order valence-corrected chi connectivity index (χ1v) is 31.0. The van der Waals surface area contributed by atoms with Gasteiger partial charge >= 0.3 is 0 Å². The number of hydrogen-bond acceptors (Lipinski definition) is 15. The SMILES string of the molecule is CCNC(O)C1CCCN1C(=O)C(CCCN=C(N)N)NC(=O)C(CC(C)C)NC(=O)C(CC(C)C)NC(=O)C(Cc1ccc(O)cc1)NC(=O)C(COC(C)C)NC(=O)C(Cc1c[nH]c2ccccc12)NC(=O)C(Cc1cnc[nH]1)NC(=O)C1CCC(=O)N1. The normalized spacial score (nSPS) is 17.5. The molecule has 2 aliphatic heterocycles. The number of imidazole rings is 1. The second kappa shape index (κ2) is 34.4. The van der Waals surface area contributed by atoms with E-state index in [1.54, 1.807) is 37.1 Å². The summed E-state index contributed by atoms with van der Waals surface area (Å²) in [6, 6.07) is 2.52. The number of nitrogens with one attached hydrogen (secondary N) is 11. The molecule has 6 rings (SSSR count). The minimum atomic E-state index is -1.52. The second-order valence-electron chi connectivity index (χ2n) is 24.1. The van der Waals surface area contributed by atoms with Crippen LogP contribution in [0.4, 0.5) is 0 Å². The van der Waals surface area contributed by atoms with Crippen LogP contribution in [-0.2, 0) is 67.2 Å². The highest BCUT2D eigenvalue weighted by molar-refractivity contribution is 5.99. The number of likely N-dealkylation sites (tertiary alicyclic amines) is 1. The zero-order valence-electron chi connectivity index (χ0n) is 52.4. The molecule has 17 N–H and O–H groups in total. The number of carbonyl (C=O) groups excluding carboxylic acids is 9. The Morgan fingerprint density at radius 1 is 0.722 bits per heavy atom. The predicted octanol–water partition coefficient (Wildman–Crippen LogP) is -0.214. The molecule has 4 aromatic rings. The maximum atomic E-state index is 14.9. The Morgan fingerprint density at radius 3 is 1.88 bits per heavy atom. The summed E-state index contributed by atoms with van der Waals surface area (Å²) < 4.78 is 5.95. The fourth-order valence-corrected chi connectivity index (χ4v) is 10.9. The maximum absolute atomic E-state index is 14.9. The number of phenolic OH excluding ortho intramolecular Hbond substituents is 1. The number of aromatic hydroxyl groups is 1. The number of para-hydroxylation sites is 1. The molecule has 90 heavy (non-hydrogen) atoms. The van der Waals surface area contributed by atoms with Crippen molar-refractivity contribution in [2.24, 2.45) is 28.3 Å². The lowest BCUT2D eigenvalue weighted by molar-refractivity contribution is -0.140. The smallest absolute Gasteiger partial charge is 0.245 e. The average Bonchev–Trinajstić information content (AvgIpc) is 1.98. The minimum absolute atomic E-state index is 0.0670. The van der Waals surface area contributed by atoms with Crippen molar-refractivity contribution in [1.82, 2.24) is 67.7 Å². The van der Waals surface area contributed by atoms with Gasteiger partial charge in [-0.05, 0) is 106 Å². The average molecular weight is 1250 g/mol. The van der Waals surface area contributed by atoms with Crippen LogP contribution in [0.1, 0.15) is 117 Å². The number of ether oxygens (including phenoxy) is 1. The highest BCUT2D eigenvalue weighted by Crippen LogP contribution is 2.23. The standard InChI is InChI=1S/C62H92N16O12/c1-8-66-60(88)51-16-12-24-78(51)61(89)44(15-11-23-67-62(63)64)71-54(82)45(25-34(2)3)72-55(83)46(26-35(4)5)73-56(84)47(27-37-17-19-40(79)20-18-37)74-59(87)50(32-90-36(6)7)77-57(85)48(28-38-30-68-42-14-10-9-13-41(38)42)75-58(86)49(29-39-31-65-33-69-39)76-53(81)43-21-22-52(80)70-43/h9-10,13-14,17-20,30-31,33-36,43-51,60,66,68,79,88H,8,11-12,15-16,21-29,32H2,1-7H3,(H,65,69)(H,70,80)(H,71,82)(H,72,83)(H,73,84)(H,74,87)(H,75,86)(H,76,81)(H,77,85)(H4,63,64,67). The number of hydrogen-bond donors (Lipinski definition) is 15. The van der Waals surface area contributed by atoms with Crippen LogP contribution in [0.5, 0.6) is 5.75 Å². The van der Waals surface area contributed by atoms with Crippen molar-refractivity contribution in [3.05, 3.63) is 84.1 Å². The summed E-state index contributed by atoms with van der Waals surface area (Å²) in [5.74, 6) is -6.63. The number of H-pyrrole nitrogens is 2. The molecule has 0 saturated carbocycles. The monoisotopic (exact) mass is 1250 g/mol. The van der Waals surface area contributed by atoms with Crippen molar-refractivity contribution in [3.63, 3.8) is 0 Å². The van der Waals surface area contributed by atoms with E-state index < -0.39 is 121 Å². The van der Waals surface area contributed by atoms with Crippen LogP contribution in [0.25, 0.3) is 10.9 Å². The number of amides is 9. The first-order valence-electron chi connectivity index (χ1n) is 31.0. The summed E-state index contributed by atoms with van der Waals surface area (Å²) in [7, 11) is 0. The molecule has 10 unspecified atom stereocenters. The van der Waals surface area contributed by atoms with E-state index in [1.807, 2.05) is 58.9 Å². The van der Waals surface area contributed by atoms with Crippen molar-refractivity contribution in [2.45, 2.75) is 186 Å². The van der Waals surface area contributed by atoms with Crippen molar-refractivity contribution >= 4 is 70.0 Å². The summed E-state index contributed by atoms with van der Waals surface area (Å²) in [6.45, 7) is 13.2. The number of phenols is 1. The lowest BCUT2D eigenvalue weighted by atomic mass is 9.98. The maximum Gasteiger partial charge on any atom is 0.245 e. The lowest BCUT2D eigenvalue weighted by Gasteiger charge is -2.33. The Balaban J connectivity index is 1.26. The van der Waals surface area contributed by atoms with Crippen LogP contribution in [0.2, 0.25) is 0 Å². The van der Waals surface area contributed by atoms with Gasteiger partial charge < -0.3 is 83.8 Å². The highest BCUT2D eigenvalue weighted by Gasteiger charge is 2.40. The van der Waals surface area contributed by atoms with E-state index in [0.29, 0.717) is 49.2 Å². The number of rotatable bonds is 35. The van der Waals surface area contributed by atoms with Gasteiger partial charge in [0.15, 0.2) is 5.96 Å². The molecule has 2 fully saturated rings. The zero-order valence-corrected chi connectivity index (χ0v) is 52.4. The molecule has 2 aliphatic rings. The minimum Gasteiger partial charge on any atom is -0.508 e. The molecule has 4 heterocycles. The van der Waals surface area contributed by atoms with Gasteiger partial charge in [0.2, 0.25) is 53.2 Å². The number of benzene rings is 2. The molecule has 28 heteroatoms. The third kappa shape index (κ3) is 21.6. The fourth-order valence-electron chi connectivity index (χ4n) is 10.9. The number of likely N-dealkylation sites (N-methyl/N-ethyl adjacent to an activating group) is 1. The molecule has 492 valence electrons. The van der Waals surface area contributed by atoms with Crippen LogP contribution in [0.3, 0.4) is 0 Å². The molecule has 0 bridgehead atoms. The number of carbonyl (C=O) groups is 9. The molecule has 28 nitrogen and oxygen atoms in total. The second-order valence-corrected chi connectivity index (χ2v) is 24.1. The summed E-state index contributed by atoms with van der Waals surface area (Å²) >= 11 is 0. The van der Waals surface area contributed by atoms with Crippen LogP contribution in [0.15, 0.2) is 72.2 Å². The predicted molar refractivity (Wildman–Crippen MR) is 335 cm³/mol. The Kier molecular flexibility index (Phi) is 26.9. The molecular formula is C62H92N16O12. The molecule has 0 radical (unpaired) electrons. The van der Waals surface area contributed by atoms with Crippen molar-refractivity contribution < 1.29 is 58.1 Å². The van der Waals surface area contributed by atoms with Crippen molar-refractivity contribution in [2.75, 3.05) is 26.2 Å². The van der Waals surface area contributed by atoms with E-state index in [0.717, 1.165) is 10.9 Å². The third-order valence-corrected chi connectivity index (χ3v) is 15.5. The highest BCUT2D eigenvalue weighted by atomic mass is 16.5. The first kappa shape index (κ1) is 70.5. The van der Waals surface area contributed by atoms with Gasteiger partial charge in [0.25, 0.3) is 0 Å². The third-order valence-electron chi connectivity index (χ3n) is 15.5. The molecule has 2 aromatic heterocycles. The zero-order chi connectivity index (χ0) is 65.6.